The third-order valence-corrected chi connectivity index (χ3v) is 11.2. The van der Waals surface area contributed by atoms with Crippen molar-refractivity contribution in [3.63, 3.8) is 0 Å². The van der Waals surface area contributed by atoms with Gasteiger partial charge in [-0.2, -0.15) is 0 Å². The van der Waals surface area contributed by atoms with Crippen LogP contribution in [0.15, 0.2) is 0 Å². The lowest BCUT2D eigenvalue weighted by Gasteiger charge is -2.20. The summed E-state index contributed by atoms with van der Waals surface area (Å²) in [6.45, 7) is 2.28. The van der Waals surface area contributed by atoms with Crippen molar-refractivity contribution in [2.75, 3.05) is 0 Å². The van der Waals surface area contributed by atoms with Gasteiger partial charge in [-0.05, 0) is 6.04 Å². The van der Waals surface area contributed by atoms with Crippen LogP contribution in [0, 0.1) is 0 Å². The van der Waals surface area contributed by atoms with E-state index in [1.807, 2.05) is 0 Å². The van der Waals surface area contributed by atoms with Crippen molar-refractivity contribution in [2.24, 2.45) is 0 Å². The smallest absolute Gasteiger partial charge is 0.303 e. The van der Waals surface area contributed by atoms with E-state index in [0.29, 0.717) is 0 Å². The molecule has 120 valence electrons. The van der Waals surface area contributed by atoms with E-state index < -0.39 is 39.3 Å². The van der Waals surface area contributed by atoms with E-state index in [2.05, 4.69) is 6.92 Å². The molecule has 1 heterocycles. The first-order valence-corrected chi connectivity index (χ1v) is 13.5. The first-order valence-electron chi connectivity index (χ1n) is 8.32. The molecule has 4 nitrogen and oxygen atoms in total. The second kappa shape index (κ2) is 14.6. The van der Waals surface area contributed by atoms with E-state index in [-0.39, 0.29) is 0 Å². The van der Waals surface area contributed by atoms with Gasteiger partial charge in [0.2, 0.25) is 0 Å². The van der Waals surface area contributed by atoms with Gasteiger partial charge >= 0.3 is 9.28 Å². The summed E-state index contributed by atoms with van der Waals surface area (Å²) in [5.74, 6) is 0. The van der Waals surface area contributed by atoms with Crippen LogP contribution in [0.2, 0.25) is 6.04 Å². The molecule has 0 saturated carbocycles. The highest BCUT2D eigenvalue weighted by Gasteiger charge is 2.15. The van der Waals surface area contributed by atoms with E-state index >= 15 is 0 Å². The molecule has 1 rings (SSSR count). The van der Waals surface area contributed by atoms with Crippen molar-refractivity contribution in [2.45, 2.75) is 77.2 Å². The van der Waals surface area contributed by atoms with Crippen LogP contribution in [0.1, 0.15) is 71.1 Å². The predicted molar refractivity (Wildman–Crippen MR) is 93.8 cm³/mol. The van der Waals surface area contributed by atoms with Gasteiger partial charge in [0.05, 0.1) is 0 Å². The number of hydrogen-bond donors (Lipinski definition) is 0. The van der Waals surface area contributed by atoms with E-state index in [4.69, 9.17) is 16.5 Å². The topological polar surface area (TPSA) is 36.9 Å². The molecular weight excluding hydrogens is 320 g/mol. The van der Waals surface area contributed by atoms with Crippen molar-refractivity contribution < 1.29 is 16.5 Å². The lowest BCUT2D eigenvalue weighted by atomic mass is 10.1. The number of unbranched alkanes of at least 4 members (excludes halogenated alkanes) is 9. The highest BCUT2D eigenvalue weighted by atomic mass is 28.4. The first-order chi connectivity index (χ1) is 9.93. The van der Waals surface area contributed by atoms with Crippen LogP contribution in [-0.4, -0.2) is 39.3 Å². The first kappa shape index (κ1) is 18.8. The monoisotopic (exact) mass is 352 g/mol. The van der Waals surface area contributed by atoms with Crippen LogP contribution in [0.25, 0.3) is 0 Å². The number of hydrogen-bond acceptors (Lipinski definition) is 4. The summed E-state index contributed by atoms with van der Waals surface area (Å²) in [4.78, 5) is 0. The third-order valence-electron chi connectivity index (χ3n) is 3.63. The van der Waals surface area contributed by atoms with Crippen molar-refractivity contribution in [1.29, 1.82) is 0 Å². The van der Waals surface area contributed by atoms with Gasteiger partial charge in [0.1, 0.15) is 0 Å². The standard InChI is InChI=1S/C12H32O4Si4/c1-2-3-4-5-6-7-8-9-10-11-12-20-15-18-13-17-14-19-16-20/h20H,2-12,17-19H2,1H3. The summed E-state index contributed by atoms with van der Waals surface area (Å²) < 4.78 is 22.4. The molecule has 0 N–H and O–H groups in total. The van der Waals surface area contributed by atoms with Crippen molar-refractivity contribution >= 4 is 39.3 Å². The quantitative estimate of drug-likeness (QED) is 0.414. The molecule has 0 unspecified atom stereocenters. The van der Waals surface area contributed by atoms with Crippen LogP contribution in [0.3, 0.4) is 0 Å². The van der Waals surface area contributed by atoms with Crippen molar-refractivity contribution in [1.82, 2.24) is 0 Å². The molecule has 8 heteroatoms. The van der Waals surface area contributed by atoms with Gasteiger partial charge in [0.15, 0.2) is 0 Å². The molecule has 0 aromatic heterocycles. The molecule has 0 aromatic rings. The zero-order chi connectivity index (χ0) is 14.3. The predicted octanol–water partition coefficient (Wildman–Crippen LogP) is 1.20. The van der Waals surface area contributed by atoms with E-state index in [1.165, 1.54) is 64.2 Å². The zero-order valence-corrected chi connectivity index (χ0v) is 18.5. The Kier molecular flexibility index (Phi) is 13.7. The summed E-state index contributed by atoms with van der Waals surface area (Å²) in [5, 5.41) is 0. The lowest BCUT2D eigenvalue weighted by molar-refractivity contribution is 0.327. The molecule has 1 aliphatic rings. The molecule has 0 aliphatic carbocycles. The van der Waals surface area contributed by atoms with Crippen LogP contribution >= 0.6 is 0 Å². The van der Waals surface area contributed by atoms with Gasteiger partial charge < -0.3 is 16.5 Å². The van der Waals surface area contributed by atoms with E-state index in [9.17, 15) is 0 Å². The molecule has 0 amide bonds. The van der Waals surface area contributed by atoms with Gasteiger partial charge in [0.25, 0.3) is 30.0 Å². The van der Waals surface area contributed by atoms with Crippen molar-refractivity contribution in [3.05, 3.63) is 0 Å². The maximum absolute atomic E-state index is 5.79. The minimum atomic E-state index is -1.38. The fourth-order valence-electron chi connectivity index (χ4n) is 2.39. The Morgan fingerprint density at radius 2 is 1.15 bits per heavy atom. The number of rotatable bonds is 11. The maximum atomic E-state index is 5.79. The van der Waals surface area contributed by atoms with Crippen LogP contribution in [0.4, 0.5) is 0 Å². The fourth-order valence-corrected chi connectivity index (χ4v) is 11.4. The summed E-state index contributed by atoms with van der Waals surface area (Å²) in [7, 11) is -3.62. The summed E-state index contributed by atoms with van der Waals surface area (Å²) >= 11 is 0. The van der Waals surface area contributed by atoms with Crippen LogP contribution in [-0.2, 0) is 16.5 Å². The Labute approximate surface area is 133 Å². The Morgan fingerprint density at radius 3 is 1.70 bits per heavy atom. The summed E-state index contributed by atoms with van der Waals surface area (Å²) in [5.41, 5.74) is 0. The van der Waals surface area contributed by atoms with E-state index in [0.717, 1.165) is 6.04 Å². The summed E-state index contributed by atoms with van der Waals surface area (Å²) in [6.07, 6.45) is 13.9. The molecular formula is C12H32O4Si4. The highest BCUT2D eigenvalue weighted by molar-refractivity contribution is 6.59. The molecule has 20 heavy (non-hydrogen) atoms. The molecule has 1 aliphatic heterocycles. The molecule has 1 fully saturated rings. The molecule has 1 saturated heterocycles. The minimum Gasteiger partial charge on any atom is -0.425 e. The Morgan fingerprint density at radius 1 is 0.650 bits per heavy atom. The van der Waals surface area contributed by atoms with Gasteiger partial charge in [-0.3, -0.25) is 0 Å². The SMILES string of the molecule is CCCCCCCCCCCC[SiH]1O[SiH2]O[SiH2]O[SiH2]O1. The Hall–Kier alpha value is 0.708. The van der Waals surface area contributed by atoms with Crippen molar-refractivity contribution in [3.8, 4) is 0 Å². The Bertz CT molecular complexity index is 204. The third kappa shape index (κ3) is 11.4. The fraction of sp³-hybridized carbons (Fsp3) is 1.00. The van der Waals surface area contributed by atoms with Gasteiger partial charge in [-0.15, -0.1) is 0 Å². The summed E-state index contributed by atoms with van der Waals surface area (Å²) in [6, 6.07) is 1.16. The normalized spacial score (nSPS) is 24.1. The van der Waals surface area contributed by atoms with Gasteiger partial charge in [-0.25, -0.2) is 0 Å². The maximum Gasteiger partial charge on any atom is 0.303 e. The molecule has 0 atom stereocenters. The molecule has 0 aromatic carbocycles. The highest BCUT2D eigenvalue weighted by Crippen LogP contribution is 2.12. The molecule has 0 spiro atoms. The zero-order valence-electron chi connectivity index (χ0n) is 13.1. The molecule has 0 bridgehead atoms. The average molecular weight is 353 g/mol. The second-order valence-electron chi connectivity index (χ2n) is 5.50. The second-order valence-corrected chi connectivity index (χ2v) is 13.6. The van der Waals surface area contributed by atoms with Gasteiger partial charge in [0, 0.05) is 0 Å². The van der Waals surface area contributed by atoms with E-state index in [1.54, 1.807) is 0 Å². The lowest BCUT2D eigenvalue weighted by Crippen LogP contribution is -2.33. The molecule has 0 radical (unpaired) electrons. The van der Waals surface area contributed by atoms with Crippen LogP contribution in [0.5, 0.6) is 0 Å². The largest absolute Gasteiger partial charge is 0.425 e. The minimum absolute atomic E-state index is 0.717. The van der Waals surface area contributed by atoms with Gasteiger partial charge in [-0.1, -0.05) is 71.1 Å². The Balaban J connectivity index is 1.81. The van der Waals surface area contributed by atoms with Crippen LogP contribution < -0.4 is 0 Å². The average Bonchev–Trinajstić information content (AvgIpc) is 2.42.